The molecule has 0 aromatic heterocycles. The van der Waals surface area contributed by atoms with Crippen LogP contribution < -0.4 is 0 Å². The molecular formula is C2H2DyNdO4Pr. The molecule has 0 fully saturated rings. The average molecular weight is 538 g/mol. The molecule has 0 heterocycles. The fourth-order valence-corrected chi connectivity index (χ4v) is 0. The molecule has 0 aliphatic heterocycles. The van der Waals surface area contributed by atoms with Gasteiger partial charge in [0.1, 0.15) is 0 Å². The molecule has 0 amide bonds. The van der Waals surface area contributed by atoms with Gasteiger partial charge in [0.15, 0.2) is 0 Å². The van der Waals surface area contributed by atoms with E-state index in [4.69, 9.17) is 19.8 Å². The molecule has 0 rings (SSSR count). The van der Waals surface area contributed by atoms with E-state index < -0.39 is 11.9 Å². The van der Waals surface area contributed by atoms with Crippen LogP contribution in [0.15, 0.2) is 0 Å². The van der Waals surface area contributed by atoms with Gasteiger partial charge >= 0.3 is 11.9 Å². The molecule has 7 heteroatoms. The first-order valence-corrected chi connectivity index (χ1v) is 1.11. The van der Waals surface area contributed by atoms with Crippen LogP contribution in [0.5, 0.6) is 0 Å². The quantitative estimate of drug-likeness (QED) is 0.395. The van der Waals surface area contributed by atoms with Crippen molar-refractivity contribution < 1.29 is 140 Å². The minimum absolute atomic E-state index is 0. The van der Waals surface area contributed by atoms with Crippen molar-refractivity contribution in [3.63, 3.8) is 0 Å². The van der Waals surface area contributed by atoms with Gasteiger partial charge in [-0.2, -0.15) is 0 Å². The molecule has 0 aromatic rings. The third-order valence-corrected chi connectivity index (χ3v) is 0.183. The molecule has 0 saturated carbocycles. The van der Waals surface area contributed by atoms with E-state index >= 15 is 0 Å². The van der Waals surface area contributed by atoms with Crippen molar-refractivity contribution in [1.29, 1.82) is 0 Å². The third kappa shape index (κ3) is 18.1. The summed E-state index contributed by atoms with van der Waals surface area (Å²) in [7, 11) is 0. The molecule has 0 bridgehead atoms. The van der Waals surface area contributed by atoms with E-state index in [9.17, 15) is 0 Å². The van der Waals surface area contributed by atoms with Crippen LogP contribution in [0.1, 0.15) is 0 Å². The van der Waals surface area contributed by atoms with E-state index in [1.165, 1.54) is 0 Å². The van der Waals surface area contributed by atoms with Crippen molar-refractivity contribution in [2.24, 2.45) is 0 Å². The second-order valence-electron chi connectivity index (χ2n) is 0.610. The number of carbonyl (C=O) groups is 2. The van der Waals surface area contributed by atoms with Gasteiger partial charge in [-0.15, -0.1) is 0 Å². The Bertz CT molecular complexity index is 84.6. The van der Waals surface area contributed by atoms with E-state index in [-0.39, 0.29) is 120 Å². The molecule has 0 atom stereocenters. The van der Waals surface area contributed by atoms with Crippen molar-refractivity contribution in [3.05, 3.63) is 0 Å². The zero-order valence-corrected chi connectivity index (χ0v) is 13.0. The van der Waals surface area contributed by atoms with Crippen LogP contribution in [-0.2, 0) is 9.59 Å². The van der Waals surface area contributed by atoms with Crippen LogP contribution in [0, 0.1) is 120 Å². The number of aliphatic carboxylic acids is 2. The number of rotatable bonds is 0. The van der Waals surface area contributed by atoms with Crippen LogP contribution in [0.3, 0.4) is 0 Å². The maximum Gasteiger partial charge on any atom is 0.414 e. The third-order valence-electron chi connectivity index (χ3n) is 0.183. The van der Waals surface area contributed by atoms with Crippen molar-refractivity contribution in [2.75, 3.05) is 0 Å². The van der Waals surface area contributed by atoms with Gasteiger partial charge in [0, 0.05) is 120 Å². The standard InChI is InChI=1S/C2H2O4.Dy.Nd.Pr/c3-1(4)2(5)6;;;/h(H,3,4)(H,5,6);;;. The van der Waals surface area contributed by atoms with Gasteiger partial charge in [-0.3, -0.25) is 0 Å². The van der Waals surface area contributed by atoms with Gasteiger partial charge in [-0.1, -0.05) is 0 Å². The van der Waals surface area contributed by atoms with Crippen LogP contribution in [-0.4, -0.2) is 22.2 Å². The molecule has 0 spiro atoms. The number of hydrogen-bond acceptors (Lipinski definition) is 2. The topological polar surface area (TPSA) is 74.6 Å². The first kappa shape index (κ1) is 22.7. The molecule has 0 aliphatic rings. The Labute approximate surface area is 148 Å². The number of hydrogen-bond donors (Lipinski definition) is 2. The Kier molecular flexibility index (Phi) is 34.0. The van der Waals surface area contributed by atoms with Crippen molar-refractivity contribution in [2.45, 2.75) is 0 Å². The number of carboxylic acids is 2. The van der Waals surface area contributed by atoms with Crippen LogP contribution in [0.4, 0.5) is 0 Å². The normalized spacial score (nSPS) is 4.89. The largest absolute Gasteiger partial charge is 0.473 e. The summed E-state index contributed by atoms with van der Waals surface area (Å²) >= 11 is 0. The maximum absolute atomic E-state index is 9.10. The first-order valence-electron chi connectivity index (χ1n) is 1.11. The van der Waals surface area contributed by atoms with Crippen LogP contribution in [0.25, 0.3) is 0 Å². The van der Waals surface area contributed by atoms with Gasteiger partial charge in [0.05, 0.1) is 0 Å². The van der Waals surface area contributed by atoms with E-state index in [1.54, 1.807) is 0 Å². The molecule has 2 N–H and O–H groups in total. The van der Waals surface area contributed by atoms with Gasteiger partial charge < -0.3 is 10.2 Å². The van der Waals surface area contributed by atoms with E-state index in [2.05, 4.69) is 0 Å². The van der Waals surface area contributed by atoms with Crippen molar-refractivity contribution >= 4 is 11.9 Å². The van der Waals surface area contributed by atoms with Crippen LogP contribution >= 0.6 is 0 Å². The fraction of sp³-hybridized carbons (Fsp3) is 0. The Morgan fingerprint density at radius 2 is 1.11 bits per heavy atom. The summed E-state index contributed by atoms with van der Waals surface area (Å²) in [5.41, 5.74) is 0. The van der Waals surface area contributed by atoms with Gasteiger partial charge in [-0.05, 0) is 0 Å². The summed E-state index contributed by atoms with van der Waals surface area (Å²) in [4.78, 5) is 18.2. The molecule has 51 valence electrons. The summed E-state index contributed by atoms with van der Waals surface area (Å²) in [5, 5.41) is 14.8. The Hall–Kier alpha value is 2.93. The minimum Gasteiger partial charge on any atom is -0.473 e. The summed E-state index contributed by atoms with van der Waals surface area (Å²) < 4.78 is 0. The predicted molar refractivity (Wildman–Crippen MR) is 15.3 cm³/mol. The van der Waals surface area contributed by atoms with E-state index in [0.717, 1.165) is 0 Å². The first-order chi connectivity index (χ1) is 2.64. The van der Waals surface area contributed by atoms with Gasteiger partial charge in [-0.25, -0.2) is 9.59 Å². The summed E-state index contributed by atoms with van der Waals surface area (Å²) in [6.07, 6.45) is 0. The minimum atomic E-state index is -1.82. The van der Waals surface area contributed by atoms with Gasteiger partial charge in [0.2, 0.25) is 0 Å². The smallest absolute Gasteiger partial charge is 0.414 e. The van der Waals surface area contributed by atoms with Crippen LogP contribution in [0.2, 0.25) is 0 Å². The molecule has 4 nitrogen and oxygen atoms in total. The Morgan fingerprint density at radius 1 is 1.00 bits per heavy atom. The predicted octanol–water partition coefficient (Wildman–Crippen LogP) is -0.844. The molecule has 1 radical (unpaired) electrons. The summed E-state index contributed by atoms with van der Waals surface area (Å²) in [6, 6.07) is 0. The van der Waals surface area contributed by atoms with Crippen molar-refractivity contribution in [1.82, 2.24) is 0 Å². The molecular weight excluding hydrogens is 536 g/mol. The molecule has 0 unspecified atom stereocenters. The van der Waals surface area contributed by atoms with E-state index in [1.807, 2.05) is 0 Å². The van der Waals surface area contributed by atoms with Gasteiger partial charge in [0.25, 0.3) is 0 Å². The summed E-state index contributed by atoms with van der Waals surface area (Å²) in [5.74, 6) is -3.65. The maximum atomic E-state index is 9.10. The second-order valence-corrected chi connectivity index (χ2v) is 0.610. The zero-order valence-electron chi connectivity index (χ0n) is 4.10. The Morgan fingerprint density at radius 3 is 1.11 bits per heavy atom. The Balaban J connectivity index is -0.0000000417. The second kappa shape index (κ2) is 13.5. The average Bonchev–Trinajstić information content (AvgIpc) is 1.36. The van der Waals surface area contributed by atoms with Crippen molar-refractivity contribution in [3.8, 4) is 0 Å². The summed E-state index contributed by atoms with van der Waals surface area (Å²) in [6.45, 7) is 0. The molecule has 0 saturated heterocycles. The fourth-order valence-electron chi connectivity index (χ4n) is 0. The molecule has 0 aromatic carbocycles. The SMILES string of the molecule is O=C(O)C(=O)O.[Dy].[Nd].[Pr]. The zero-order chi connectivity index (χ0) is 5.15. The molecule has 9 heavy (non-hydrogen) atoms. The van der Waals surface area contributed by atoms with E-state index in [0.29, 0.717) is 0 Å². The number of carboxylic acid groups (broad SMARTS) is 2. The monoisotopic (exact) mass is 537 g/mol. The molecule has 0 aliphatic carbocycles.